The second kappa shape index (κ2) is 15.4. The fourth-order valence-electron chi connectivity index (χ4n) is 13.2. The lowest BCUT2D eigenvalue weighted by atomic mass is 9.43. The predicted octanol–water partition coefficient (Wildman–Crippen LogP) is 7.24. The fourth-order valence-corrected chi connectivity index (χ4v) is 14.4. The van der Waals surface area contributed by atoms with Gasteiger partial charge in [0.1, 0.15) is 0 Å². The number of hydrogen-bond acceptors (Lipinski definition) is 6. The number of rotatable bonds is 12. The maximum absolute atomic E-state index is 12.1. The van der Waals surface area contributed by atoms with E-state index in [2.05, 4.69) is 35.9 Å². The smallest absolute Gasteiger partial charge is 0.268 e. The van der Waals surface area contributed by atoms with E-state index >= 15 is 0 Å². The van der Waals surface area contributed by atoms with Crippen LogP contribution in [-0.2, 0) is 10.1 Å². The van der Waals surface area contributed by atoms with Gasteiger partial charge in [-0.05, 0) is 188 Å². The van der Waals surface area contributed by atoms with Gasteiger partial charge in [0.15, 0.2) is 0 Å². The Morgan fingerprint density at radius 1 is 0.833 bits per heavy atom. The molecule has 0 radical (unpaired) electrons. The minimum Gasteiger partial charge on any atom is -0.393 e. The van der Waals surface area contributed by atoms with Crippen molar-refractivity contribution in [1.29, 1.82) is 0 Å². The van der Waals surface area contributed by atoms with Gasteiger partial charge in [0.25, 0.3) is 10.1 Å². The first-order valence-electron chi connectivity index (χ1n) is 20.7. The van der Waals surface area contributed by atoms with Crippen molar-refractivity contribution in [3.8, 4) is 0 Å². The summed E-state index contributed by atoms with van der Waals surface area (Å²) in [6, 6.07) is 1.43. The molecule has 0 aromatic heterocycles. The van der Waals surface area contributed by atoms with Crippen LogP contribution in [0.15, 0.2) is 0 Å². The van der Waals surface area contributed by atoms with Crippen LogP contribution in [0, 0.1) is 52.3 Å². The van der Waals surface area contributed by atoms with Gasteiger partial charge in [-0.2, -0.15) is 8.42 Å². The highest BCUT2D eigenvalue weighted by Crippen LogP contribution is 2.68. The monoisotopic (exact) mass is 692 g/mol. The van der Waals surface area contributed by atoms with Gasteiger partial charge in [-0.3, -0.25) is 4.55 Å². The molecule has 8 heteroatoms. The number of nitrogens with one attached hydrogen (secondary N) is 1. The van der Waals surface area contributed by atoms with Crippen molar-refractivity contribution in [3.63, 3.8) is 0 Å². The van der Waals surface area contributed by atoms with E-state index in [9.17, 15) is 18.1 Å². The van der Waals surface area contributed by atoms with Crippen molar-refractivity contribution in [2.45, 2.75) is 161 Å². The Labute approximate surface area is 294 Å². The maximum Gasteiger partial charge on any atom is 0.268 e. The number of aliphatic hydroxyl groups excluding tert-OH is 1. The highest BCUT2D eigenvalue weighted by molar-refractivity contribution is 7.86. The molecule has 0 bridgehead atoms. The Morgan fingerprint density at radius 3 is 2.21 bits per heavy atom. The second-order valence-electron chi connectivity index (χ2n) is 18.8. The van der Waals surface area contributed by atoms with Crippen LogP contribution < -0.4 is 5.32 Å². The number of fused-ring (bicyclic) bond motifs is 5. The third-order valence-corrected chi connectivity index (χ3v) is 17.6. The molecule has 2 saturated heterocycles. The molecule has 2 heterocycles. The van der Waals surface area contributed by atoms with Crippen molar-refractivity contribution in [2.75, 3.05) is 39.3 Å². The number of likely N-dealkylation sites (tertiary alicyclic amines) is 2. The van der Waals surface area contributed by atoms with Gasteiger partial charge in [0.2, 0.25) is 0 Å². The molecule has 4 saturated carbocycles. The summed E-state index contributed by atoms with van der Waals surface area (Å²) < 4.78 is 34.0. The number of hydrogen-bond donors (Lipinski definition) is 3. The molecule has 0 amide bonds. The summed E-state index contributed by atoms with van der Waals surface area (Å²) in [6.07, 6.45) is 19.0. The molecule has 278 valence electrons. The van der Waals surface area contributed by atoms with Gasteiger partial charge >= 0.3 is 0 Å². The third kappa shape index (κ3) is 7.75. The molecule has 48 heavy (non-hydrogen) atoms. The van der Waals surface area contributed by atoms with Crippen molar-refractivity contribution < 1.29 is 18.1 Å². The number of nitrogens with zero attached hydrogens (tertiary/aromatic N) is 2. The first kappa shape index (κ1) is 37.5. The molecule has 6 aliphatic rings. The average molecular weight is 692 g/mol. The summed E-state index contributed by atoms with van der Waals surface area (Å²) in [5, 5.41) is 15.2. The van der Waals surface area contributed by atoms with Gasteiger partial charge in [-0.1, -0.05) is 41.0 Å². The van der Waals surface area contributed by atoms with Gasteiger partial charge in [-0.25, -0.2) is 0 Å². The first-order chi connectivity index (χ1) is 22.8. The van der Waals surface area contributed by atoms with E-state index in [1.807, 2.05) is 13.8 Å². The van der Waals surface area contributed by atoms with Crippen molar-refractivity contribution in [3.05, 3.63) is 0 Å². The van der Waals surface area contributed by atoms with Crippen LogP contribution in [0.25, 0.3) is 0 Å². The minimum atomic E-state index is -4.02. The fraction of sp³-hybridized carbons (Fsp3) is 1.00. The molecule has 0 aromatic carbocycles. The molecule has 4 aliphatic carbocycles. The molecule has 6 rings (SSSR count). The zero-order valence-corrected chi connectivity index (χ0v) is 32.2. The highest BCUT2D eigenvalue weighted by Gasteiger charge is 2.62. The zero-order chi connectivity index (χ0) is 34.3. The first-order valence-corrected chi connectivity index (χ1v) is 22.2. The van der Waals surface area contributed by atoms with Gasteiger partial charge in [0.05, 0.1) is 11.4 Å². The summed E-state index contributed by atoms with van der Waals surface area (Å²) >= 11 is 0. The highest BCUT2D eigenvalue weighted by atomic mass is 32.2. The van der Waals surface area contributed by atoms with Crippen LogP contribution in [-0.4, -0.2) is 90.6 Å². The summed E-state index contributed by atoms with van der Waals surface area (Å²) in [7, 11) is -4.02. The lowest BCUT2D eigenvalue weighted by Crippen LogP contribution is -2.59. The van der Waals surface area contributed by atoms with Gasteiger partial charge < -0.3 is 20.2 Å². The van der Waals surface area contributed by atoms with Crippen LogP contribution in [0.5, 0.6) is 0 Å². The zero-order valence-electron chi connectivity index (χ0n) is 31.4. The molecule has 7 nitrogen and oxygen atoms in total. The standard InChI is InChI=1S/C40H73N3O4S/c1-28(2)37(48(45,46)47)13-10-29(3)33-11-12-34-38-35(15-19-40(33,34)5)39(4)18-14-31(26-30(39)27-36(38)44)41-20-9-21-42-24-16-32(17-25-42)43-22-7-6-8-23-43/h28-38,41,44H,6-27H2,1-5H3,(H,45,46,47)/t29-,30+,31+,33-,34?,35?,36-,37-,38?,39+,40-/m1/s1. The molecular formula is C40H73N3O4S. The van der Waals surface area contributed by atoms with Crippen molar-refractivity contribution in [1.82, 2.24) is 15.1 Å². The van der Waals surface area contributed by atoms with Crippen LogP contribution in [0.4, 0.5) is 0 Å². The summed E-state index contributed by atoms with van der Waals surface area (Å²) in [4.78, 5) is 5.49. The van der Waals surface area contributed by atoms with E-state index in [4.69, 9.17) is 0 Å². The molecule has 2 aliphatic heterocycles. The van der Waals surface area contributed by atoms with Crippen LogP contribution in [0.3, 0.4) is 0 Å². The average Bonchev–Trinajstić information content (AvgIpc) is 3.41. The Kier molecular flexibility index (Phi) is 12.0. The SMILES string of the molecule is CC(C)[C@@H](CC[C@@H](C)[C@H]1CCC2C3C(CC[C@@]21C)[C@@]1(C)CC[C@H](NCCCN2CCC(N4CCCCC4)CC2)C[C@H]1C[C@H]3O)S(=O)(=O)O. The normalized spacial score (nSPS) is 41.5. The van der Waals surface area contributed by atoms with E-state index in [0.717, 1.165) is 25.4 Å². The second-order valence-corrected chi connectivity index (χ2v) is 20.5. The lowest BCUT2D eigenvalue weighted by molar-refractivity contribution is -0.167. The van der Waals surface area contributed by atoms with Crippen LogP contribution in [0.2, 0.25) is 0 Å². The van der Waals surface area contributed by atoms with E-state index in [1.54, 1.807) is 0 Å². The Hall–Kier alpha value is -0.250. The largest absolute Gasteiger partial charge is 0.393 e. The third-order valence-electron chi connectivity index (χ3n) is 16.0. The van der Waals surface area contributed by atoms with Gasteiger partial charge in [0, 0.05) is 12.1 Å². The predicted molar refractivity (Wildman–Crippen MR) is 196 cm³/mol. The Bertz CT molecular complexity index is 1150. The molecule has 0 aromatic rings. The van der Waals surface area contributed by atoms with Crippen LogP contribution >= 0.6 is 0 Å². The van der Waals surface area contributed by atoms with Gasteiger partial charge in [-0.15, -0.1) is 0 Å². The van der Waals surface area contributed by atoms with E-state index in [0.29, 0.717) is 53.4 Å². The van der Waals surface area contributed by atoms with E-state index in [-0.39, 0.29) is 17.4 Å². The summed E-state index contributed by atoms with van der Waals surface area (Å²) in [6.45, 7) is 18.8. The van der Waals surface area contributed by atoms with E-state index < -0.39 is 15.4 Å². The Morgan fingerprint density at radius 2 is 1.52 bits per heavy atom. The molecule has 3 unspecified atom stereocenters. The quantitative estimate of drug-likeness (QED) is 0.147. The van der Waals surface area contributed by atoms with Crippen molar-refractivity contribution in [2.24, 2.45) is 52.3 Å². The molecular weight excluding hydrogens is 619 g/mol. The molecule has 6 fully saturated rings. The van der Waals surface area contributed by atoms with Crippen LogP contribution in [0.1, 0.15) is 137 Å². The Balaban J connectivity index is 0.972. The minimum absolute atomic E-state index is 0.0805. The molecule has 11 atom stereocenters. The van der Waals surface area contributed by atoms with E-state index in [1.165, 1.54) is 116 Å². The summed E-state index contributed by atoms with van der Waals surface area (Å²) in [5.74, 6) is 3.13. The number of piperidine rings is 2. The lowest BCUT2D eigenvalue weighted by Gasteiger charge is -2.62. The molecule has 0 spiro atoms. The topological polar surface area (TPSA) is 93.1 Å². The summed E-state index contributed by atoms with van der Waals surface area (Å²) in [5.41, 5.74) is 0.559. The maximum atomic E-state index is 12.1. The van der Waals surface area contributed by atoms with Crippen molar-refractivity contribution >= 4 is 10.1 Å². The molecule has 3 N–H and O–H groups in total. The number of aliphatic hydroxyl groups is 1.